The highest BCUT2D eigenvalue weighted by Crippen LogP contribution is 2.11. The monoisotopic (exact) mass is 277 g/mol. The Hall–Kier alpha value is -1.95. The largest absolute Gasteiger partial charge is 0.366 e. The van der Waals surface area contributed by atoms with E-state index in [1.165, 1.54) is 12.6 Å². The highest BCUT2D eigenvalue weighted by molar-refractivity contribution is 7.90. The van der Waals surface area contributed by atoms with Crippen molar-refractivity contribution in [2.24, 2.45) is 0 Å². The number of nitrogens with zero attached hydrogens (tertiary/aromatic N) is 2. The van der Waals surface area contributed by atoms with Crippen LogP contribution in [-0.2, 0) is 16.4 Å². The van der Waals surface area contributed by atoms with Crippen LogP contribution in [-0.4, -0.2) is 24.6 Å². The van der Waals surface area contributed by atoms with Gasteiger partial charge in [-0.2, -0.15) is 0 Å². The van der Waals surface area contributed by atoms with Gasteiger partial charge in [0.1, 0.15) is 12.1 Å². The summed E-state index contributed by atoms with van der Waals surface area (Å²) in [5.41, 5.74) is 1.88. The van der Waals surface area contributed by atoms with E-state index in [1.54, 1.807) is 24.3 Å². The van der Waals surface area contributed by atoms with Gasteiger partial charge in [0.25, 0.3) is 0 Å². The zero-order chi connectivity index (χ0) is 13.9. The average Bonchev–Trinajstić information content (AvgIpc) is 2.36. The van der Waals surface area contributed by atoms with Crippen LogP contribution in [0.2, 0.25) is 0 Å². The standard InChI is InChI=1S/C13H15N3O2S/c1-10-7-13(16-9-15-10)14-8-11-3-5-12(6-4-11)19(2,17)18/h3-7,9H,8H2,1-2H3,(H,14,15,16). The van der Waals surface area contributed by atoms with Crippen molar-refractivity contribution in [2.45, 2.75) is 18.4 Å². The number of hydrogen-bond acceptors (Lipinski definition) is 5. The fraction of sp³-hybridized carbons (Fsp3) is 0.231. The summed E-state index contributed by atoms with van der Waals surface area (Å²) in [5, 5.41) is 3.16. The molecule has 1 heterocycles. The number of nitrogens with one attached hydrogen (secondary N) is 1. The predicted molar refractivity (Wildman–Crippen MR) is 73.6 cm³/mol. The summed E-state index contributed by atoms with van der Waals surface area (Å²) >= 11 is 0. The molecule has 0 spiro atoms. The molecule has 1 N–H and O–H groups in total. The van der Waals surface area contributed by atoms with E-state index in [1.807, 2.05) is 13.0 Å². The van der Waals surface area contributed by atoms with E-state index in [0.717, 1.165) is 17.1 Å². The Morgan fingerprint density at radius 1 is 1.16 bits per heavy atom. The van der Waals surface area contributed by atoms with Crippen molar-refractivity contribution in [1.82, 2.24) is 9.97 Å². The predicted octanol–water partition coefficient (Wildman–Crippen LogP) is 1.80. The summed E-state index contributed by atoms with van der Waals surface area (Å²) in [5.74, 6) is 0.750. The number of benzene rings is 1. The molecule has 19 heavy (non-hydrogen) atoms. The third kappa shape index (κ3) is 3.75. The van der Waals surface area contributed by atoms with Crippen molar-refractivity contribution >= 4 is 15.7 Å². The van der Waals surface area contributed by atoms with Crippen LogP contribution in [0.4, 0.5) is 5.82 Å². The smallest absolute Gasteiger partial charge is 0.175 e. The van der Waals surface area contributed by atoms with Crippen LogP contribution in [0.5, 0.6) is 0 Å². The van der Waals surface area contributed by atoms with Gasteiger partial charge in [0.2, 0.25) is 0 Å². The van der Waals surface area contributed by atoms with Crippen LogP contribution in [0.1, 0.15) is 11.3 Å². The van der Waals surface area contributed by atoms with Crippen molar-refractivity contribution in [3.63, 3.8) is 0 Å². The Morgan fingerprint density at radius 3 is 2.42 bits per heavy atom. The van der Waals surface area contributed by atoms with Gasteiger partial charge in [0, 0.05) is 24.6 Å². The van der Waals surface area contributed by atoms with Gasteiger partial charge in [-0.1, -0.05) is 12.1 Å². The minimum Gasteiger partial charge on any atom is -0.366 e. The molecule has 1 aromatic heterocycles. The van der Waals surface area contributed by atoms with Crippen LogP contribution in [0.3, 0.4) is 0 Å². The molecule has 0 aliphatic carbocycles. The second-order valence-electron chi connectivity index (χ2n) is 4.31. The van der Waals surface area contributed by atoms with Crippen molar-refractivity contribution in [1.29, 1.82) is 0 Å². The normalized spacial score (nSPS) is 11.3. The Morgan fingerprint density at radius 2 is 1.84 bits per heavy atom. The number of hydrogen-bond donors (Lipinski definition) is 1. The van der Waals surface area contributed by atoms with Gasteiger partial charge in [-0.3, -0.25) is 0 Å². The topological polar surface area (TPSA) is 72.0 Å². The Labute approximate surface area is 112 Å². The first-order chi connectivity index (χ1) is 8.95. The molecule has 0 aliphatic heterocycles. The van der Waals surface area contributed by atoms with E-state index in [-0.39, 0.29) is 0 Å². The van der Waals surface area contributed by atoms with E-state index in [0.29, 0.717) is 11.4 Å². The lowest BCUT2D eigenvalue weighted by atomic mass is 10.2. The van der Waals surface area contributed by atoms with Crippen LogP contribution < -0.4 is 5.32 Å². The highest BCUT2D eigenvalue weighted by Gasteiger charge is 2.05. The zero-order valence-corrected chi connectivity index (χ0v) is 11.6. The average molecular weight is 277 g/mol. The van der Waals surface area contributed by atoms with Crippen molar-refractivity contribution < 1.29 is 8.42 Å². The van der Waals surface area contributed by atoms with Gasteiger partial charge in [0.15, 0.2) is 9.84 Å². The molecule has 0 radical (unpaired) electrons. The second-order valence-corrected chi connectivity index (χ2v) is 6.33. The number of aromatic nitrogens is 2. The van der Waals surface area contributed by atoms with Crippen LogP contribution >= 0.6 is 0 Å². The van der Waals surface area contributed by atoms with E-state index >= 15 is 0 Å². The maximum absolute atomic E-state index is 11.3. The molecule has 0 aliphatic rings. The molecule has 0 atom stereocenters. The molecular weight excluding hydrogens is 262 g/mol. The molecule has 2 aromatic rings. The van der Waals surface area contributed by atoms with Gasteiger partial charge in [0.05, 0.1) is 4.90 Å². The molecule has 0 saturated heterocycles. The molecule has 2 rings (SSSR count). The fourth-order valence-corrected chi connectivity index (χ4v) is 2.23. The molecule has 5 nitrogen and oxygen atoms in total. The van der Waals surface area contributed by atoms with Gasteiger partial charge >= 0.3 is 0 Å². The van der Waals surface area contributed by atoms with Crippen molar-refractivity contribution in [3.8, 4) is 0 Å². The minimum atomic E-state index is -3.13. The van der Waals surface area contributed by atoms with E-state index in [4.69, 9.17) is 0 Å². The first kappa shape index (κ1) is 13.5. The lowest BCUT2D eigenvalue weighted by Gasteiger charge is -2.06. The van der Waals surface area contributed by atoms with Crippen molar-refractivity contribution in [2.75, 3.05) is 11.6 Å². The lowest BCUT2D eigenvalue weighted by molar-refractivity contribution is 0.602. The molecule has 100 valence electrons. The molecule has 0 saturated carbocycles. The summed E-state index contributed by atoms with van der Waals surface area (Å²) in [7, 11) is -3.13. The SMILES string of the molecule is Cc1cc(NCc2ccc(S(C)(=O)=O)cc2)ncn1. The molecule has 0 unspecified atom stereocenters. The minimum absolute atomic E-state index is 0.328. The van der Waals surface area contributed by atoms with Crippen LogP contribution in [0.25, 0.3) is 0 Å². The van der Waals surface area contributed by atoms with Crippen LogP contribution in [0.15, 0.2) is 41.6 Å². The molecule has 0 bridgehead atoms. The molecule has 1 aromatic carbocycles. The van der Waals surface area contributed by atoms with E-state index < -0.39 is 9.84 Å². The van der Waals surface area contributed by atoms with Crippen molar-refractivity contribution in [3.05, 3.63) is 47.9 Å². The van der Waals surface area contributed by atoms with Gasteiger partial charge < -0.3 is 5.32 Å². The maximum Gasteiger partial charge on any atom is 0.175 e. The van der Waals surface area contributed by atoms with Gasteiger partial charge in [-0.25, -0.2) is 18.4 Å². The Balaban J connectivity index is 2.05. The van der Waals surface area contributed by atoms with Gasteiger partial charge in [-0.15, -0.1) is 0 Å². The summed E-state index contributed by atoms with van der Waals surface area (Å²) < 4.78 is 22.7. The van der Waals surface area contributed by atoms with Crippen LogP contribution in [0, 0.1) is 6.92 Å². The Kier molecular flexibility index (Phi) is 3.80. The number of aryl methyl sites for hydroxylation is 1. The third-order valence-corrected chi connectivity index (χ3v) is 3.76. The number of sulfone groups is 1. The Bertz CT molecular complexity index is 667. The summed E-state index contributed by atoms with van der Waals surface area (Å²) in [6.45, 7) is 2.48. The molecular formula is C13H15N3O2S. The lowest BCUT2D eigenvalue weighted by Crippen LogP contribution is -2.03. The summed E-state index contributed by atoms with van der Waals surface area (Å²) in [6.07, 6.45) is 2.70. The quantitative estimate of drug-likeness (QED) is 0.922. The number of anilines is 1. The maximum atomic E-state index is 11.3. The van der Waals surface area contributed by atoms with E-state index in [2.05, 4.69) is 15.3 Å². The zero-order valence-electron chi connectivity index (χ0n) is 10.8. The molecule has 0 amide bonds. The molecule has 0 fully saturated rings. The van der Waals surface area contributed by atoms with Gasteiger partial charge in [-0.05, 0) is 24.6 Å². The summed E-state index contributed by atoms with van der Waals surface area (Å²) in [6, 6.07) is 8.65. The third-order valence-electron chi connectivity index (χ3n) is 2.63. The second kappa shape index (κ2) is 5.36. The first-order valence-corrected chi connectivity index (χ1v) is 7.66. The van der Waals surface area contributed by atoms with E-state index in [9.17, 15) is 8.42 Å². The first-order valence-electron chi connectivity index (χ1n) is 5.77. The number of rotatable bonds is 4. The highest BCUT2D eigenvalue weighted by atomic mass is 32.2. The molecule has 6 heteroatoms. The summed E-state index contributed by atoms with van der Waals surface area (Å²) in [4.78, 5) is 8.44. The fourth-order valence-electron chi connectivity index (χ4n) is 1.60.